The lowest BCUT2D eigenvalue weighted by Crippen LogP contribution is -2.68. The molecule has 2 unspecified atom stereocenters. The molecular weight excluding hydrogens is 232 g/mol. The van der Waals surface area contributed by atoms with Gasteiger partial charge in [0.25, 0.3) is 0 Å². The number of hydrogen-bond donors (Lipinski definition) is 1. The van der Waals surface area contributed by atoms with Gasteiger partial charge in [-0.3, -0.25) is 4.90 Å². The molecule has 0 aliphatic carbocycles. The fraction of sp³-hybridized carbons (Fsp3) is 1.00. The van der Waals surface area contributed by atoms with Crippen molar-refractivity contribution in [2.24, 2.45) is 5.41 Å². The molecule has 0 amide bonds. The molecule has 114 valence electrons. The standard InChI is InChI=1S/C17H36N2/c1-8-11-14(4)19-13-17(9-2,10-3)18-12-15(19)16(5,6)7/h14-15,18H,8-13H2,1-7H3. The molecule has 19 heavy (non-hydrogen) atoms. The molecule has 1 rings (SSSR count). The smallest absolute Gasteiger partial charge is 0.0304 e. The fourth-order valence-corrected chi connectivity index (χ4v) is 3.52. The zero-order valence-electron chi connectivity index (χ0n) is 14.3. The summed E-state index contributed by atoms with van der Waals surface area (Å²) in [7, 11) is 0. The van der Waals surface area contributed by atoms with Crippen molar-refractivity contribution in [3.63, 3.8) is 0 Å². The Morgan fingerprint density at radius 2 is 1.79 bits per heavy atom. The predicted molar refractivity (Wildman–Crippen MR) is 85.6 cm³/mol. The van der Waals surface area contributed by atoms with E-state index in [2.05, 4.69) is 58.7 Å². The first kappa shape index (κ1) is 17.0. The number of rotatable bonds is 5. The van der Waals surface area contributed by atoms with Crippen molar-refractivity contribution in [2.45, 2.75) is 91.8 Å². The molecule has 2 nitrogen and oxygen atoms in total. The maximum Gasteiger partial charge on any atom is 0.0304 e. The molecule has 0 spiro atoms. The number of hydrogen-bond acceptors (Lipinski definition) is 2. The van der Waals surface area contributed by atoms with Crippen molar-refractivity contribution in [1.82, 2.24) is 10.2 Å². The summed E-state index contributed by atoms with van der Waals surface area (Å²) >= 11 is 0. The normalized spacial score (nSPS) is 26.4. The molecule has 1 saturated heterocycles. The summed E-state index contributed by atoms with van der Waals surface area (Å²) < 4.78 is 0. The topological polar surface area (TPSA) is 15.3 Å². The lowest BCUT2D eigenvalue weighted by molar-refractivity contribution is -0.00870. The average molecular weight is 268 g/mol. The highest BCUT2D eigenvalue weighted by atomic mass is 15.3. The maximum atomic E-state index is 3.87. The van der Waals surface area contributed by atoms with Gasteiger partial charge >= 0.3 is 0 Å². The second-order valence-electron chi connectivity index (χ2n) is 7.56. The SMILES string of the molecule is CCCC(C)N1CC(CC)(CC)NCC1C(C)(C)C. The van der Waals surface area contributed by atoms with Gasteiger partial charge in [-0.25, -0.2) is 0 Å². The minimum Gasteiger partial charge on any atom is -0.308 e. The van der Waals surface area contributed by atoms with Gasteiger partial charge < -0.3 is 5.32 Å². The summed E-state index contributed by atoms with van der Waals surface area (Å²) in [5.74, 6) is 0. The number of nitrogens with zero attached hydrogens (tertiary/aromatic N) is 1. The molecule has 0 aromatic carbocycles. The Kier molecular flexibility index (Phi) is 5.88. The molecule has 0 aromatic heterocycles. The summed E-state index contributed by atoms with van der Waals surface area (Å²) in [4.78, 5) is 2.80. The van der Waals surface area contributed by atoms with Gasteiger partial charge in [0.15, 0.2) is 0 Å². The fourth-order valence-electron chi connectivity index (χ4n) is 3.52. The molecule has 0 radical (unpaired) electrons. The van der Waals surface area contributed by atoms with Crippen LogP contribution >= 0.6 is 0 Å². The van der Waals surface area contributed by atoms with E-state index in [9.17, 15) is 0 Å². The average Bonchev–Trinajstić information content (AvgIpc) is 2.37. The largest absolute Gasteiger partial charge is 0.308 e. The minimum atomic E-state index is 0.337. The molecule has 2 atom stereocenters. The van der Waals surface area contributed by atoms with Crippen LogP contribution in [0.4, 0.5) is 0 Å². The van der Waals surface area contributed by atoms with Crippen LogP contribution in [0.1, 0.15) is 74.1 Å². The van der Waals surface area contributed by atoms with Crippen LogP contribution in [0.2, 0.25) is 0 Å². The van der Waals surface area contributed by atoms with E-state index in [1.807, 2.05) is 0 Å². The second kappa shape index (κ2) is 6.58. The Balaban J connectivity index is 2.92. The molecule has 1 N–H and O–H groups in total. The Morgan fingerprint density at radius 3 is 2.21 bits per heavy atom. The first-order chi connectivity index (χ1) is 8.79. The Labute approximate surface area is 121 Å². The molecule has 0 saturated carbocycles. The molecule has 0 bridgehead atoms. The third-order valence-corrected chi connectivity index (χ3v) is 5.18. The molecule has 1 fully saturated rings. The van der Waals surface area contributed by atoms with Gasteiger partial charge in [0, 0.05) is 30.7 Å². The van der Waals surface area contributed by atoms with Crippen molar-refractivity contribution in [3.05, 3.63) is 0 Å². The summed E-state index contributed by atoms with van der Waals surface area (Å²) in [6.45, 7) is 18.9. The maximum absolute atomic E-state index is 3.87. The third-order valence-electron chi connectivity index (χ3n) is 5.18. The third kappa shape index (κ3) is 3.95. The van der Waals surface area contributed by atoms with Gasteiger partial charge in [0.2, 0.25) is 0 Å². The zero-order valence-corrected chi connectivity index (χ0v) is 14.3. The van der Waals surface area contributed by atoms with Gasteiger partial charge in [-0.2, -0.15) is 0 Å². The van der Waals surface area contributed by atoms with Crippen molar-refractivity contribution < 1.29 is 0 Å². The van der Waals surface area contributed by atoms with E-state index in [1.165, 1.54) is 32.2 Å². The van der Waals surface area contributed by atoms with E-state index < -0.39 is 0 Å². The summed E-state index contributed by atoms with van der Waals surface area (Å²) in [6, 6.07) is 1.36. The van der Waals surface area contributed by atoms with Crippen molar-refractivity contribution in [3.8, 4) is 0 Å². The van der Waals surface area contributed by atoms with Crippen molar-refractivity contribution >= 4 is 0 Å². The molecule has 0 aromatic rings. The van der Waals surface area contributed by atoms with Crippen LogP contribution in [0.5, 0.6) is 0 Å². The van der Waals surface area contributed by atoms with Crippen molar-refractivity contribution in [2.75, 3.05) is 13.1 Å². The minimum absolute atomic E-state index is 0.337. The first-order valence-electron chi connectivity index (χ1n) is 8.30. The van der Waals surface area contributed by atoms with E-state index >= 15 is 0 Å². The van der Waals surface area contributed by atoms with Crippen LogP contribution in [-0.4, -0.2) is 35.6 Å². The highest BCUT2D eigenvalue weighted by Gasteiger charge is 2.42. The Bertz CT molecular complexity index is 263. The molecule has 1 aliphatic rings. The zero-order chi connectivity index (χ0) is 14.7. The molecule has 1 heterocycles. The highest BCUT2D eigenvalue weighted by molar-refractivity contribution is 5.01. The van der Waals surface area contributed by atoms with E-state index in [4.69, 9.17) is 0 Å². The van der Waals surface area contributed by atoms with Gasteiger partial charge in [-0.05, 0) is 31.6 Å². The van der Waals surface area contributed by atoms with Crippen LogP contribution in [0.3, 0.4) is 0 Å². The predicted octanol–water partition coefficient (Wildman–Crippen LogP) is 4.05. The second-order valence-corrected chi connectivity index (χ2v) is 7.56. The van der Waals surface area contributed by atoms with Gasteiger partial charge in [-0.1, -0.05) is 48.0 Å². The molecule has 2 heteroatoms. The summed E-state index contributed by atoms with van der Waals surface area (Å²) in [5, 5.41) is 3.87. The van der Waals surface area contributed by atoms with E-state index in [0.717, 1.165) is 6.54 Å². The molecule has 1 aliphatic heterocycles. The molecular formula is C17H36N2. The Morgan fingerprint density at radius 1 is 1.21 bits per heavy atom. The quantitative estimate of drug-likeness (QED) is 0.809. The highest BCUT2D eigenvalue weighted by Crippen LogP contribution is 2.33. The van der Waals surface area contributed by atoms with Crippen LogP contribution in [0.25, 0.3) is 0 Å². The number of piperazine rings is 1. The van der Waals surface area contributed by atoms with Gasteiger partial charge in [0.1, 0.15) is 0 Å². The van der Waals surface area contributed by atoms with Crippen LogP contribution < -0.4 is 5.32 Å². The van der Waals surface area contributed by atoms with E-state index in [-0.39, 0.29) is 0 Å². The van der Waals surface area contributed by atoms with E-state index in [1.54, 1.807) is 0 Å². The summed E-state index contributed by atoms with van der Waals surface area (Å²) in [5.41, 5.74) is 0.687. The number of nitrogens with one attached hydrogen (secondary N) is 1. The van der Waals surface area contributed by atoms with Crippen molar-refractivity contribution in [1.29, 1.82) is 0 Å². The Hall–Kier alpha value is -0.0800. The monoisotopic (exact) mass is 268 g/mol. The van der Waals surface area contributed by atoms with Crippen LogP contribution in [0.15, 0.2) is 0 Å². The van der Waals surface area contributed by atoms with Gasteiger partial charge in [-0.15, -0.1) is 0 Å². The first-order valence-corrected chi connectivity index (χ1v) is 8.30. The lowest BCUT2D eigenvalue weighted by atomic mass is 9.79. The summed E-state index contributed by atoms with van der Waals surface area (Å²) in [6.07, 6.45) is 5.06. The van der Waals surface area contributed by atoms with E-state index in [0.29, 0.717) is 23.0 Å². The van der Waals surface area contributed by atoms with Crippen LogP contribution in [0, 0.1) is 5.41 Å². The van der Waals surface area contributed by atoms with Gasteiger partial charge in [0.05, 0.1) is 0 Å². The van der Waals surface area contributed by atoms with Crippen LogP contribution in [-0.2, 0) is 0 Å². The lowest BCUT2D eigenvalue weighted by Gasteiger charge is -2.53.